The monoisotopic (exact) mass is 630 g/mol. The summed E-state index contributed by atoms with van der Waals surface area (Å²) in [6, 6.07) is 4.47. The first-order chi connectivity index (χ1) is 21.6. The average molecular weight is 631 g/mol. The zero-order chi connectivity index (χ0) is 34.9. The van der Waals surface area contributed by atoms with Gasteiger partial charge in [-0.3, -0.25) is 14.4 Å². The van der Waals surface area contributed by atoms with Crippen molar-refractivity contribution in [1.82, 2.24) is 0 Å². The van der Waals surface area contributed by atoms with Crippen LogP contribution in [0.1, 0.15) is 117 Å². The number of ketones is 3. The Labute approximate surface area is 267 Å². The standard InChI is InChI=1S/C21H18O8.C5H10O2.C3H8.2C2H6.C2H2/c1-29-12-4-2-3-10-14(12)20(27)16-15(18(10)25)19(26)11-7-21(28,13(23)8-22)6-5-9(11)17(16)24;6-5-3-1-2-4-7-5;1-3-2;3*1-2/h2-4,22,24,26,28H,5-8H2,1H3;5-6H,1-4H2;3H2,1-2H3;2*1-2H3;1-2H/t21-;5-;;;;/m11..../s1. The van der Waals surface area contributed by atoms with Gasteiger partial charge in [-0.25, -0.2) is 0 Å². The number of hydrogen-bond donors (Lipinski definition) is 5. The van der Waals surface area contributed by atoms with Crippen LogP contribution in [0.15, 0.2) is 18.2 Å². The highest BCUT2D eigenvalue weighted by molar-refractivity contribution is 6.31. The molecule has 5 rings (SSSR count). The van der Waals surface area contributed by atoms with Gasteiger partial charge in [-0.2, -0.15) is 0 Å². The molecule has 5 N–H and O–H groups in total. The minimum Gasteiger partial charge on any atom is -0.507 e. The molecule has 1 aliphatic heterocycles. The lowest BCUT2D eigenvalue weighted by molar-refractivity contribution is -0.141. The number of phenolic OH excluding ortho intramolecular Hbond substituents is 2. The lowest BCUT2D eigenvalue weighted by Crippen LogP contribution is -2.45. The summed E-state index contributed by atoms with van der Waals surface area (Å²) in [5.74, 6) is -2.99. The summed E-state index contributed by atoms with van der Waals surface area (Å²) in [5.41, 5.74) is -2.38. The second-order valence-corrected chi connectivity index (χ2v) is 9.76. The molecular weight excluding hydrogens is 580 g/mol. The largest absolute Gasteiger partial charge is 0.507 e. The molecule has 1 fully saturated rings. The minimum absolute atomic E-state index is 0.00456. The number of methoxy groups -OCH3 is 1. The summed E-state index contributed by atoms with van der Waals surface area (Å²) >= 11 is 0. The topological polar surface area (TPSA) is 171 Å². The predicted octanol–water partition coefficient (Wildman–Crippen LogP) is 4.89. The number of ether oxygens (including phenoxy) is 2. The molecule has 2 aliphatic carbocycles. The Hall–Kier alpha value is -3.75. The number of rotatable bonds is 3. The van der Waals surface area contributed by atoms with E-state index in [0.29, 0.717) is 0 Å². The van der Waals surface area contributed by atoms with Gasteiger partial charge < -0.3 is 35.0 Å². The fourth-order valence-electron chi connectivity index (χ4n) is 4.93. The van der Waals surface area contributed by atoms with Crippen molar-refractivity contribution in [2.75, 3.05) is 20.3 Å². The Bertz CT molecular complexity index is 1290. The molecule has 2 aromatic rings. The van der Waals surface area contributed by atoms with Crippen molar-refractivity contribution in [2.45, 2.75) is 98.4 Å². The van der Waals surface area contributed by atoms with Crippen molar-refractivity contribution in [3.63, 3.8) is 0 Å². The van der Waals surface area contributed by atoms with Crippen LogP contribution >= 0.6 is 0 Å². The minimum atomic E-state index is -1.93. The number of phenols is 2. The van der Waals surface area contributed by atoms with Crippen LogP contribution in [0.4, 0.5) is 0 Å². The summed E-state index contributed by atoms with van der Waals surface area (Å²) in [5, 5.41) is 50.0. The number of fused-ring (bicyclic) bond motifs is 3. The maximum absolute atomic E-state index is 13.1. The molecule has 1 saturated heterocycles. The van der Waals surface area contributed by atoms with E-state index in [1.807, 2.05) is 27.7 Å². The van der Waals surface area contributed by atoms with Gasteiger partial charge in [0.25, 0.3) is 0 Å². The number of aliphatic hydroxyl groups excluding tert-OH is 2. The third-order valence-electron chi connectivity index (χ3n) is 6.91. The van der Waals surface area contributed by atoms with Gasteiger partial charge in [0.15, 0.2) is 17.9 Å². The van der Waals surface area contributed by atoms with Crippen LogP contribution in [0.25, 0.3) is 0 Å². The summed E-state index contributed by atoms with van der Waals surface area (Å²) in [4.78, 5) is 38.2. The smallest absolute Gasteiger partial charge is 0.202 e. The van der Waals surface area contributed by atoms with Crippen LogP contribution in [-0.4, -0.2) is 75.1 Å². The number of carbonyl (C=O) groups is 3. The van der Waals surface area contributed by atoms with Crippen LogP contribution in [0.3, 0.4) is 0 Å². The first kappa shape index (κ1) is 41.2. The number of aromatic hydroxyl groups is 2. The lowest BCUT2D eigenvalue weighted by Gasteiger charge is -2.34. The summed E-state index contributed by atoms with van der Waals surface area (Å²) in [6.07, 6.45) is 11.3. The van der Waals surface area contributed by atoms with Crippen LogP contribution in [-0.2, 0) is 22.4 Å². The summed E-state index contributed by atoms with van der Waals surface area (Å²) in [6.45, 7) is 12.1. The van der Waals surface area contributed by atoms with Gasteiger partial charge in [-0.1, -0.05) is 60.1 Å². The highest BCUT2D eigenvalue weighted by atomic mass is 16.6. The molecule has 0 bridgehead atoms. The van der Waals surface area contributed by atoms with Gasteiger partial charge in [-0.05, 0) is 38.2 Å². The Morgan fingerprint density at radius 1 is 0.978 bits per heavy atom. The number of Topliss-reactive ketones (excluding diaryl/α,β-unsaturated/α-hetero) is 1. The maximum atomic E-state index is 13.1. The van der Waals surface area contributed by atoms with Crippen LogP contribution < -0.4 is 4.74 Å². The zero-order valence-corrected chi connectivity index (χ0v) is 27.6. The summed E-state index contributed by atoms with van der Waals surface area (Å²) < 4.78 is 10.0. The number of terminal acetylenes is 1. The second-order valence-electron chi connectivity index (χ2n) is 9.76. The van der Waals surface area contributed by atoms with Crippen LogP contribution in [0.2, 0.25) is 0 Å². The van der Waals surface area contributed by atoms with Crippen molar-refractivity contribution < 1.29 is 49.4 Å². The van der Waals surface area contributed by atoms with Crippen molar-refractivity contribution in [2.24, 2.45) is 0 Å². The molecule has 0 aromatic heterocycles. The van der Waals surface area contributed by atoms with E-state index in [1.54, 1.807) is 0 Å². The van der Waals surface area contributed by atoms with Crippen molar-refractivity contribution >= 4 is 17.3 Å². The Balaban J connectivity index is 0.00000101. The van der Waals surface area contributed by atoms with Crippen LogP contribution in [0, 0.1) is 12.8 Å². The molecule has 2 atom stereocenters. The van der Waals surface area contributed by atoms with Crippen molar-refractivity contribution in [1.29, 1.82) is 0 Å². The fraction of sp³-hybridized carbons (Fsp3) is 0.514. The van der Waals surface area contributed by atoms with E-state index in [1.165, 1.54) is 31.7 Å². The highest BCUT2D eigenvalue weighted by Gasteiger charge is 2.45. The third kappa shape index (κ3) is 9.38. The number of benzene rings is 2. The van der Waals surface area contributed by atoms with E-state index in [0.717, 1.165) is 25.9 Å². The first-order valence-corrected chi connectivity index (χ1v) is 15.4. The Morgan fingerprint density at radius 2 is 1.53 bits per heavy atom. The van der Waals surface area contributed by atoms with E-state index in [4.69, 9.17) is 19.7 Å². The lowest BCUT2D eigenvalue weighted by atomic mass is 9.73. The Morgan fingerprint density at radius 3 is 2.00 bits per heavy atom. The van der Waals surface area contributed by atoms with Crippen LogP contribution in [0.5, 0.6) is 17.2 Å². The number of hydrogen-bond acceptors (Lipinski definition) is 10. The van der Waals surface area contributed by atoms with Gasteiger partial charge in [-0.15, -0.1) is 12.8 Å². The highest BCUT2D eigenvalue weighted by Crippen LogP contribution is 2.48. The molecule has 0 saturated carbocycles. The molecule has 10 heteroatoms. The third-order valence-corrected chi connectivity index (χ3v) is 6.91. The fourth-order valence-corrected chi connectivity index (χ4v) is 4.93. The molecule has 10 nitrogen and oxygen atoms in total. The van der Waals surface area contributed by atoms with E-state index < -0.39 is 47.3 Å². The number of aliphatic hydroxyl groups is 3. The first-order valence-electron chi connectivity index (χ1n) is 15.4. The SMILES string of the molecule is C#C.CC.CC.CCC.COc1cccc2c1C(=O)c1c(O)c3c(c(O)c1C2=O)C[C@@](O)(C(=O)CO)CC3.O[C@H]1CCCCO1. The normalized spacial score (nSPS) is 18.7. The predicted molar refractivity (Wildman–Crippen MR) is 173 cm³/mol. The van der Waals surface area contributed by atoms with E-state index >= 15 is 0 Å². The van der Waals surface area contributed by atoms with Crippen molar-refractivity contribution in [3.05, 3.63) is 51.6 Å². The average Bonchev–Trinajstić information content (AvgIpc) is 3.08. The molecule has 0 spiro atoms. The molecule has 2 aromatic carbocycles. The summed E-state index contributed by atoms with van der Waals surface area (Å²) in [7, 11) is 1.35. The van der Waals surface area contributed by atoms with Gasteiger partial charge in [0.05, 0.1) is 23.8 Å². The molecule has 250 valence electrons. The molecular formula is C35H50O10. The van der Waals surface area contributed by atoms with E-state index in [2.05, 4.69) is 26.7 Å². The molecule has 45 heavy (non-hydrogen) atoms. The maximum Gasteiger partial charge on any atom is 0.202 e. The molecule has 0 unspecified atom stereocenters. The van der Waals surface area contributed by atoms with Gasteiger partial charge in [0.1, 0.15) is 29.5 Å². The second kappa shape index (κ2) is 20.3. The zero-order valence-electron chi connectivity index (χ0n) is 27.6. The van der Waals surface area contributed by atoms with Crippen molar-refractivity contribution in [3.8, 4) is 30.1 Å². The van der Waals surface area contributed by atoms with Gasteiger partial charge >= 0.3 is 0 Å². The van der Waals surface area contributed by atoms with Gasteiger partial charge in [0, 0.05) is 29.7 Å². The van der Waals surface area contributed by atoms with Gasteiger partial charge in [0.2, 0.25) is 5.78 Å². The number of carbonyl (C=O) groups excluding carboxylic acids is 3. The quantitative estimate of drug-likeness (QED) is 0.198. The molecule has 1 heterocycles. The molecule has 3 aliphatic rings. The van der Waals surface area contributed by atoms with E-state index in [9.17, 15) is 29.7 Å². The van der Waals surface area contributed by atoms with E-state index in [-0.39, 0.29) is 58.4 Å². The molecule has 0 amide bonds. The Kier molecular flexibility index (Phi) is 18.6. The molecule has 0 radical (unpaired) electrons.